The topological polar surface area (TPSA) is 12.9 Å². The minimum atomic E-state index is 0.469. The van der Waals surface area contributed by atoms with Gasteiger partial charge in [0.25, 0.3) is 0 Å². The average molecular weight is 191 g/mol. The molecule has 0 aliphatic rings. The molecule has 14 heavy (non-hydrogen) atoms. The van der Waals surface area contributed by atoms with Crippen molar-refractivity contribution in [2.75, 3.05) is 0 Å². The van der Waals surface area contributed by atoms with E-state index in [-0.39, 0.29) is 0 Å². The lowest BCUT2D eigenvalue weighted by molar-refractivity contribution is 0.322. The summed E-state index contributed by atoms with van der Waals surface area (Å²) in [7, 11) is 0. The van der Waals surface area contributed by atoms with E-state index in [1.54, 1.807) is 0 Å². The molecule has 1 heteroatoms. The summed E-state index contributed by atoms with van der Waals surface area (Å²) < 4.78 is 0. The maximum absolute atomic E-state index is 4.20. The third-order valence-electron chi connectivity index (χ3n) is 3.01. The van der Waals surface area contributed by atoms with Gasteiger partial charge >= 0.3 is 0 Å². The molecule has 0 N–H and O–H groups in total. The van der Waals surface area contributed by atoms with E-state index in [4.69, 9.17) is 0 Å². The van der Waals surface area contributed by atoms with Gasteiger partial charge in [-0.3, -0.25) is 4.98 Å². The van der Waals surface area contributed by atoms with E-state index in [1.807, 2.05) is 6.20 Å². The van der Waals surface area contributed by atoms with Crippen LogP contribution in [-0.2, 0) is 6.42 Å². The van der Waals surface area contributed by atoms with Crippen molar-refractivity contribution in [1.82, 2.24) is 4.98 Å². The SMILES string of the molecule is CCC(C)(C)CCc1ccnc(C)c1. The molecule has 0 aromatic carbocycles. The van der Waals surface area contributed by atoms with Crippen molar-refractivity contribution in [3.8, 4) is 0 Å². The van der Waals surface area contributed by atoms with Crippen LogP contribution in [0.1, 0.15) is 44.9 Å². The first-order chi connectivity index (χ1) is 6.53. The lowest BCUT2D eigenvalue weighted by Crippen LogP contribution is -2.10. The molecule has 0 saturated heterocycles. The minimum Gasteiger partial charge on any atom is -0.262 e. The van der Waals surface area contributed by atoms with Crippen LogP contribution in [0, 0.1) is 12.3 Å². The maximum atomic E-state index is 4.20. The molecule has 0 fully saturated rings. The molecule has 0 aliphatic heterocycles. The van der Waals surface area contributed by atoms with Gasteiger partial charge in [0.2, 0.25) is 0 Å². The molecule has 0 saturated carbocycles. The highest BCUT2D eigenvalue weighted by molar-refractivity contribution is 5.15. The van der Waals surface area contributed by atoms with Crippen LogP contribution in [0.2, 0.25) is 0 Å². The summed E-state index contributed by atoms with van der Waals surface area (Å²) in [5.74, 6) is 0. The van der Waals surface area contributed by atoms with Crippen LogP contribution in [0.15, 0.2) is 18.3 Å². The number of rotatable bonds is 4. The van der Waals surface area contributed by atoms with Crippen LogP contribution < -0.4 is 0 Å². The summed E-state index contributed by atoms with van der Waals surface area (Å²) in [4.78, 5) is 4.20. The van der Waals surface area contributed by atoms with Crippen molar-refractivity contribution < 1.29 is 0 Å². The van der Waals surface area contributed by atoms with Crippen LogP contribution in [0.4, 0.5) is 0 Å². The molecular weight excluding hydrogens is 170 g/mol. The summed E-state index contributed by atoms with van der Waals surface area (Å²) in [5, 5.41) is 0. The zero-order valence-corrected chi connectivity index (χ0v) is 9.80. The lowest BCUT2D eigenvalue weighted by atomic mass is 9.84. The first kappa shape index (κ1) is 11.2. The van der Waals surface area contributed by atoms with Gasteiger partial charge in [-0.05, 0) is 42.9 Å². The third-order valence-corrected chi connectivity index (χ3v) is 3.01. The quantitative estimate of drug-likeness (QED) is 0.706. The number of aromatic nitrogens is 1. The van der Waals surface area contributed by atoms with Gasteiger partial charge < -0.3 is 0 Å². The van der Waals surface area contributed by atoms with E-state index < -0.39 is 0 Å². The van der Waals surface area contributed by atoms with Gasteiger partial charge in [-0.1, -0.05) is 27.2 Å². The smallest absolute Gasteiger partial charge is 0.0375 e. The number of nitrogens with zero attached hydrogens (tertiary/aromatic N) is 1. The van der Waals surface area contributed by atoms with Crippen LogP contribution in [0.3, 0.4) is 0 Å². The molecule has 1 rings (SSSR count). The summed E-state index contributed by atoms with van der Waals surface area (Å²) in [5.41, 5.74) is 3.01. The maximum Gasteiger partial charge on any atom is 0.0375 e. The number of pyridine rings is 1. The second kappa shape index (κ2) is 4.59. The molecule has 0 aliphatic carbocycles. The van der Waals surface area contributed by atoms with E-state index in [9.17, 15) is 0 Å². The van der Waals surface area contributed by atoms with Gasteiger partial charge in [0.05, 0.1) is 0 Å². The number of hydrogen-bond acceptors (Lipinski definition) is 1. The van der Waals surface area contributed by atoms with E-state index in [0.717, 1.165) is 5.69 Å². The van der Waals surface area contributed by atoms with Crippen molar-refractivity contribution in [1.29, 1.82) is 0 Å². The number of aryl methyl sites for hydroxylation is 2. The molecule has 0 unspecified atom stereocenters. The van der Waals surface area contributed by atoms with E-state index in [1.165, 1.54) is 24.8 Å². The van der Waals surface area contributed by atoms with Crippen LogP contribution >= 0.6 is 0 Å². The highest BCUT2D eigenvalue weighted by Crippen LogP contribution is 2.26. The monoisotopic (exact) mass is 191 g/mol. The van der Waals surface area contributed by atoms with Crippen molar-refractivity contribution in [2.45, 2.75) is 47.0 Å². The minimum absolute atomic E-state index is 0.469. The van der Waals surface area contributed by atoms with Crippen molar-refractivity contribution in [2.24, 2.45) is 5.41 Å². The molecule has 0 spiro atoms. The molecule has 1 heterocycles. The van der Waals surface area contributed by atoms with Crippen LogP contribution in [0.25, 0.3) is 0 Å². The largest absolute Gasteiger partial charge is 0.262 e. The zero-order valence-electron chi connectivity index (χ0n) is 9.80. The third kappa shape index (κ3) is 3.49. The molecular formula is C13H21N. The van der Waals surface area contributed by atoms with Crippen LogP contribution in [-0.4, -0.2) is 4.98 Å². The molecule has 1 aromatic heterocycles. The van der Waals surface area contributed by atoms with Crippen LogP contribution in [0.5, 0.6) is 0 Å². The highest BCUT2D eigenvalue weighted by atomic mass is 14.6. The molecule has 0 radical (unpaired) electrons. The Hall–Kier alpha value is -0.850. The standard InChI is InChI=1S/C13H21N/c1-5-13(3,4)8-6-12-7-9-14-11(2)10-12/h7,9-10H,5-6,8H2,1-4H3. The average Bonchev–Trinajstić information content (AvgIpc) is 2.15. The summed E-state index contributed by atoms with van der Waals surface area (Å²) in [6.07, 6.45) is 5.58. The summed E-state index contributed by atoms with van der Waals surface area (Å²) in [6, 6.07) is 4.31. The molecule has 1 nitrogen and oxygen atoms in total. The first-order valence-electron chi connectivity index (χ1n) is 5.45. The predicted octanol–water partition coefficient (Wildman–Crippen LogP) is 3.76. The van der Waals surface area contributed by atoms with Crippen molar-refractivity contribution in [3.63, 3.8) is 0 Å². The Kier molecular flexibility index (Phi) is 3.68. The highest BCUT2D eigenvalue weighted by Gasteiger charge is 2.14. The Morgan fingerprint density at radius 1 is 1.36 bits per heavy atom. The Bertz CT molecular complexity index is 289. The summed E-state index contributed by atoms with van der Waals surface area (Å²) in [6.45, 7) is 8.98. The van der Waals surface area contributed by atoms with E-state index in [0.29, 0.717) is 5.41 Å². The van der Waals surface area contributed by atoms with Gasteiger partial charge in [-0.25, -0.2) is 0 Å². The molecule has 0 bridgehead atoms. The van der Waals surface area contributed by atoms with Gasteiger partial charge in [-0.15, -0.1) is 0 Å². The Balaban J connectivity index is 2.54. The summed E-state index contributed by atoms with van der Waals surface area (Å²) >= 11 is 0. The fourth-order valence-corrected chi connectivity index (χ4v) is 1.42. The van der Waals surface area contributed by atoms with Gasteiger partial charge in [0.1, 0.15) is 0 Å². The normalized spacial score (nSPS) is 11.7. The van der Waals surface area contributed by atoms with E-state index >= 15 is 0 Å². The fraction of sp³-hybridized carbons (Fsp3) is 0.615. The molecule has 0 amide bonds. The van der Waals surface area contributed by atoms with Gasteiger partial charge in [-0.2, -0.15) is 0 Å². The van der Waals surface area contributed by atoms with Gasteiger partial charge in [0.15, 0.2) is 0 Å². The Morgan fingerprint density at radius 3 is 2.64 bits per heavy atom. The fourth-order valence-electron chi connectivity index (χ4n) is 1.42. The van der Waals surface area contributed by atoms with Crippen molar-refractivity contribution >= 4 is 0 Å². The van der Waals surface area contributed by atoms with Crippen molar-refractivity contribution in [3.05, 3.63) is 29.6 Å². The van der Waals surface area contributed by atoms with Gasteiger partial charge in [0, 0.05) is 11.9 Å². The second-order valence-electron chi connectivity index (χ2n) is 4.82. The van der Waals surface area contributed by atoms with E-state index in [2.05, 4.69) is 44.8 Å². The second-order valence-corrected chi connectivity index (χ2v) is 4.82. The molecule has 1 aromatic rings. The molecule has 0 atom stereocenters. The Labute approximate surface area is 87.6 Å². The number of hydrogen-bond donors (Lipinski definition) is 0. The zero-order chi connectivity index (χ0) is 10.6. The predicted molar refractivity (Wildman–Crippen MR) is 61.4 cm³/mol. The lowest BCUT2D eigenvalue weighted by Gasteiger charge is -2.22. The first-order valence-corrected chi connectivity index (χ1v) is 5.45. The molecule has 78 valence electrons. The Morgan fingerprint density at radius 2 is 2.07 bits per heavy atom.